The summed E-state index contributed by atoms with van der Waals surface area (Å²) >= 11 is 0. The average molecular weight is 380 g/mol. The van der Waals surface area contributed by atoms with Crippen LogP contribution in [0.15, 0.2) is 65.9 Å². The summed E-state index contributed by atoms with van der Waals surface area (Å²) in [5.41, 5.74) is 2.91. The van der Waals surface area contributed by atoms with E-state index in [-0.39, 0.29) is 6.03 Å². The highest BCUT2D eigenvalue weighted by Gasteiger charge is 2.32. The molecule has 1 unspecified atom stereocenters. The molecular weight excluding hydrogens is 356 g/mol. The third-order valence-corrected chi connectivity index (χ3v) is 4.52. The van der Waals surface area contributed by atoms with Crippen molar-refractivity contribution in [3.05, 3.63) is 77.0 Å². The second-order valence-electron chi connectivity index (χ2n) is 6.51. The van der Waals surface area contributed by atoms with Gasteiger partial charge in [-0.05, 0) is 29.7 Å². The molecule has 1 heterocycles. The van der Waals surface area contributed by atoms with Crippen LogP contribution < -0.4 is 15.4 Å². The van der Waals surface area contributed by atoms with Crippen molar-refractivity contribution in [3.63, 3.8) is 0 Å². The van der Waals surface area contributed by atoms with E-state index in [9.17, 15) is 9.59 Å². The average Bonchev–Trinajstić information content (AvgIpc) is 2.73. The first kappa shape index (κ1) is 19.5. The molecule has 6 nitrogen and oxygen atoms in total. The molecule has 28 heavy (non-hydrogen) atoms. The first-order chi connectivity index (χ1) is 13.6. The summed E-state index contributed by atoms with van der Waals surface area (Å²) < 4.78 is 10.8. The molecule has 2 amide bonds. The Morgan fingerprint density at radius 3 is 2.43 bits per heavy atom. The van der Waals surface area contributed by atoms with Gasteiger partial charge in [-0.2, -0.15) is 0 Å². The Balaban J connectivity index is 1.81. The second-order valence-corrected chi connectivity index (χ2v) is 6.51. The highest BCUT2D eigenvalue weighted by molar-refractivity contribution is 5.95. The van der Waals surface area contributed by atoms with Crippen molar-refractivity contribution in [1.82, 2.24) is 10.6 Å². The van der Waals surface area contributed by atoms with E-state index in [2.05, 4.69) is 10.6 Å². The minimum absolute atomic E-state index is 0.328. The number of nitrogens with one attached hydrogen (secondary N) is 2. The highest BCUT2D eigenvalue weighted by Crippen LogP contribution is 2.30. The monoisotopic (exact) mass is 380 g/mol. The zero-order chi connectivity index (χ0) is 19.9. The number of benzene rings is 2. The van der Waals surface area contributed by atoms with Gasteiger partial charge in [-0.25, -0.2) is 9.59 Å². The number of esters is 1. The molecule has 0 bridgehead atoms. The lowest BCUT2D eigenvalue weighted by Gasteiger charge is -2.29. The van der Waals surface area contributed by atoms with Crippen LogP contribution in [-0.4, -0.2) is 19.1 Å². The Morgan fingerprint density at radius 2 is 1.79 bits per heavy atom. The fraction of sp³-hybridized carbons (Fsp3) is 0.273. The smallest absolute Gasteiger partial charge is 0.337 e. The Morgan fingerprint density at radius 1 is 1.07 bits per heavy atom. The van der Waals surface area contributed by atoms with Crippen LogP contribution in [0.25, 0.3) is 0 Å². The van der Waals surface area contributed by atoms with Gasteiger partial charge in [0.2, 0.25) is 0 Å². The number of allylic oxidation sites excluding steroid dienone is 1. The van der Waals surface area contributed by atoms with E-state index in [0.29, 0.717) is 30.0 Å². The lowest BCUT2D eigenvalue weighted by molar-refractivity contribution is -0.136. The van der Waals surface area contributed by atoms with Gasteiger partial charge < -0.3 is 20.1 Å². The van der Waals surface area contributed by atoms with Crippen LogP contribution in [-0.2, 0) is 16.1 Å². The van der Waals surface area contributed by atoms with E-state index >= 15 is 0 Å². The first-order valence-corrected chi connectivity index (χ1v) is 9.28. The minimum atomic E-state index is -0.564. The Labute approximate surface area is 164 Å². The number of rotatable bonds is 7. The Bertz CT molecular complexity index is 860. The quantitative estimate of drug-likeness (QED) is 0.716. The maximum atomic E-state index is 12.4. The van der Waals surface area contributed by atoms with Crippen molar-refractivity contribution in [3.8, 4) is 5.75 Å². The maximum Gasteiger partial charge on any atom is 0.337 e. The zero-order valence-electron chi connectivity index (χ0n) is 16.0. The number of amides is 2. The third-order valence-electron chi connectivity index (χ3n) is 4.52. The van der Waals surface area contributed by atoms with Gasteiger partial charge in [0.1, 0.15) is 12.4 Å². The van der Waals surface area contributed by atoms with Gasteiger partial charge in [0.15, 0.2) is 0 Å². The highest BCUT2D eigenvalue weighted by atomic mass is 16.5. The fourth-order valence-electron chi connectivity index (χ4n) is 3.16. The van der Waals surface area contributed by atoms with Crippen LogP contribution in [0.1, 0.15) is 36.9 Å². The molecule has 0 radical (unpaired) electrons. The molecule has 3 rings (SSSR count). The standard InChI is InChI=1S/C22H24N2O4/c1-3-7-18-19(21(25)27-2)20(24-22(26)23-18)16-10-12-17(13-11-16)28-14-15-8-5-4-6-9-15/h4-6,8-13,20H,3,7,14H2,1-2H3,(H2,23,24,26). The molecule has 2 N–H and O–H groups in total. The van der Waals surface area contributed by atoms with Crippen LogP contribution in [0.4, 0.5) is 4.79 Å². The zero-order valence-corrected chi connectivity index (χ0v) is 16.0. The van der Waals surface area contributed by atoms with Gasteiger partial charge in [0.05, 0.1) is 18.7 Å². The van der Waals surface area contributed by atoms with E-state index in [1.807, 2.05) is 61.5 Å². The van der Waals surface area contributed by atoms with E-state index in [0.717, 1.165) is 17.5 Å². The van der Waals surface area contributed by atoms with E-state index in [1.165, 1.54) is 7.11 Å². The summed E-state index contributed by atoms with van der Waals surface area (Å²) in [6, 6.07) is 16.4. The largest absolute Gasteiger partial charge is 0.489 e. The molecule has 6 heteroatoms. The molecule has 0 fully saturated rings. The summed E-state index contributed by atoms with van der Waals surface area (Å²) in [7, 11) is 1.34. The number of carbonyl (C=O) groups excluding carboxylic acids is 2. The molecule has 2 aromatic carbocycles. The van der Waals surface area contributed by atoms with E-state index < -0.39 is 12.0 Å². The van der Waals surface area contributed by atoms with Gasteiger partial charge in [-0.1, -0.05) is 55.8 Å². The summed E-state index contributed by atoms with van der Waals surface area (Å²) in [5, 5.41) is 5.55. The second kappa shape index (κ2) is 9.08. The van der Waals surface area contributed by atoms with Crippen LogP contribution in [0, 0.1) is 0 Å². The van der Waals surface area contributed by atoms with Crippen LogP contribution in [0.2, 0.25) is 0 Å². The number of carbonyl (C=O) groups is 2. The van der Waals surface area contributed by atoms with Crippen molar-refractivity contribution >= 4 is 12.0 Å². The van der Waals surface area contributed by atoms with E-state index in [1.54, 1.807) is 0 Å². The van der Waals surface area contributed by atoms with Crippen molar-refractivity contribution in [1.29, 1.82) is 0 Å². The predicted octanol–water partition coefficient (Wildman–Crippen LogP) is 3.85. The first-order valence-electron chi connectivity index (χ1n) is 9.28. The number of hydrogen-bond donors (Lipinski definition) is 2. The summed E-state index contributed by atoms with van der Waals surface area (Å²) in [4.78, 5) is 24.5. The lowest BCUT2D eigenvalue weighted by atomic mass is 9.94. The van der Waals surface area contributed by atoms with Crippen molar-refractivity contribution in [2.24, 2.45) is 0 Å². The molecule has 0 saturated heterocycles. The molecule has 0 aromatic heterocycles. The van der Waals surface area contributed by atoms with Crippen LogP contribution >= 0.6 is 0 Å². The van der Waals surface area contributed by atoms with Gasteiger partial charge >= 0.3 is 12.0 Å². The topological polar surface area (TPSA) is 76.7 Å². The molecule has 2 aromatic rings. The summed E-state index contributed by atoms with van der Waals surface area (Å²) in [6.07, 6.45) is 1.39. The normalized spacial score (nSPS) is 16.2. The number of hydrogen-bond acceptors (Lipinski definition) is 4. The van der Waals surface area contributed by atoms with Gasteiger partial charge in [0, 0.05) is 5.70 Å². The minimum Gasteiger partial charge on any atom is -0.489 e. The number of methoxy groups -OCH3 is 1. The van der Waals surface area contributed by atoms with Crippen molar-refractivity contribution in [2.45, 2.75) is 32.4 Å². The number of ether oxygens (including phenoxy) is 2. The van der Waals surface area contributed by atoms with Crippen LogP contribution in [0.5, 0.6) is 5.75 Å². The fourth-order valence-corrected chi connectivity index (χ4v) is 3.16. The van der Waals surface area contributed by atoms with E-state index in [4.69, 9.17) is 9.47 Å². The predicted molar refractivity (Wildman–Crippen MR) is 106 cm³/mol. The molecule has 0 spiro atoms. The maximum absolute atomic E-state index is 12.4. The van der Waals surface area contributed by atoms with Crippen LogP contribution in [0.3, 0.4) is 0 Å². The Kier molecular flexibility index (Phi) is 6.32. The lowest BCUT2D eigenvalue weighted by Crippen LogP contribution is -2.45. The summed E-state index contributed by atoms with van der Waals surface area (Å²) in [5.74, 6) is 0.260. The molecule has 1 aliphatic rings. The molecular formula is C22H24N2O4. The van der Waals surface area contributed by atoms with Crippen molar-refractivity contribution < 1.29 is 19.1 Å². The third kappa shape index (κ3) is 4.52. The number of urea groups is 1. The molecule has 0 aliphatic carbocycles. The van der Waals surface area contributed by atoms with Gasteiger partial charge in [-0.15, -0.1) is 0 Å². The molecule has 0 saturated carbocycles. The van der Waals surface area contributed by atoms with Gasteiger partial charge in [0.25, 0.3) is 0 Å². The molecule has 146 valence electrons. The summed E-state index contributed by atoms with van der Waals surface area (Å²) in [6.45, 7) is 2.46. The Hall–Kier alpha value is -3.28. The molecule has 1 aliphatic heterocycles. The van der Waals surface area contributed by atoms with Crippen molar-refractivity contribution in [2.75, 3.05) is 7.11 Å². The SMILES string of the molecule is CCCC1=C(C(=O)OC)C(c2ccc(OCc3ccccc3)cc2)NC(=O)N1. The van der Waals surface area contributed by atoms with Gasteiger partial charge in [-0.3, -0.25) is 0 Å². The molecule has 1 atom stereocenters.